The van der Waals surface area contributed by atoms with Crippen molar-refractivity contribution in [2.45, 2.75) is 75.7 Å². The fourth-order valence-electron chi connectivity index (χ4n) is 3.16. The molecule has 0 aliphatic carbocycles. The van der Waals surface area contributed by atoms with Crippen LogP contribution in [0, 0.1) is 0 Å². The number of carboxylic acid groups (broad SMARTS) is 1. The van der Waals surface area contributed by atoms with Crippen LogP contribution in [0.4, 0.5) is 0 Å². The second kappa shape index (κ2) is 15.4. The number of H-pyrrole nitrogens is 1. The van der Waals surface area contributed by atoms with Crippen molar-refractivity contribution in [3.05, 3.63) is 18.2 Å². The number of primary amides is 1. The highest BCUT2D eigenvalue weighted by molar-refractivity contribution is 5.94. The van der Waals surface area contributed by atoms with Gasteiger partial charge < -0.3 is 48.3 Å². The minimum Gasteiger partial charge on any atom is -0.480 e. The Hall–Kier alpha value is -3.56. The van der Waals surface area contributed by atoms with Crippen molar-refractivity contribution >= 4 is 29.6 Å². The first-order chi connectivity index (χ1) is 17.0. The average molecular weight is 513 g/mol. The number of imidazole rings is 1. The number of aliphatic hydroxyl groups excluding tert-OH is 1. The number of aromatic nitrogens is 2. The van der Waals surface area contributed by atoms with Gasteiger partial charge in [0, 0.05) is 24.7 Å². The van der Waals surface area contributed by atoms with Gasteiger partial charge in [0.2, 0.25) is 23.6 Å². The van der Waals surface area contributed by atoms with Gasteiger partial charge in [-0.05, 0) is 39.2 Å². The van der Waals surface area contributed by atoms with Crippen molar-refractivity contribution in [2.24, 2.45) is 17.2 Å². The zero-order chi connectivity index (χ0) is 27.3. The summed E-state index contributed by atoms with van der Waals surface area (Å²) in [5.74, 6) is -4.46. The Bertz CT molecular complexity index is 878. The number of nitrogens with one attached hydrogen (secondary N) is 4. The largest absolute Gasteiger partial charge is 0.480 e. The van der Waals surface area contributed by atoms with Crippen molar-refractivity contribution in [3.63, 3.8) is 0 Å². The summed E-state index contributed by atoms with van der Waals surface area (Å²) in [6, 6.07) is -5.12. The molecule has 202 valence electrons. The van der Waals surface area contributed by atoms with E-state index in [1.54, 1.807) is 0 Å². The molecule has 12 N–H and O–H groups in total. The fourth-order valence-corrected chi connectivity index (χ4v) is 3.16. The van der Waals surface area contributed by atoms with Crippen LogP contribution in [0.5, 0.6) is 0 Å². The summed E-state index contributed by atoms with van der Waals surface area (Å²) >= 11 is 0. The van der Waals surface area contributed by atoms with Crippen LogP contribution in [0.3, 0.4) is 0 Å². The third kappa shape index (κ3) is 10.8. The Morgan fingerprint density at radius 1 is 1.00 bits per heavy atom. The molecule has 5 atom stereocenters. The highest BCUT2D eigenvalue weighted by Crippen LogP contribution is 2.06. The van der Waals surface area contributed by atoms with E-state index in [-0.39, 0.29) is 25.7 Å². The zero-order valence-corrected chi connectivity index (χ0v) is 20.1. The normalized spacial score (nSPS) is 15.1. The van der Waals surface area contributed by atoms with Crippen LogP contribution in [-0.2, 0) is 30.4 Å². The fraction of sp³-hybridized carbons (Fsp3) is 0.619. The van der Waals surface area contributed by atoms with Crippen LogP contribution in [0.15, 0.2) is 12.5 Å². The lowest BCUT2D eigenvalue weighted by molar-refractivity contribution is -0.142. The summed E-state index contributed by atoms with van der Waals surface area (Å²) < 4.78 is 0. The number of carbonyl (C=O) groups is 5. The SMILES string of the molecule is CC(O)C(N)C(=O)NC(Cc1cnc[nH]1)C(=O)NC(CCC(N)=O)C(=O)NC(CCCCN)C(=O)O. The first-order valence-corrected chi connectivity index (χ1v) is 11.5. The Balaban J connectivity index is 3.05. The molecule has 0 bridgehead atoms. The predicted octanol–water partition coefficient (Wildman–Crippen LogP) is -3.41. The summed E-state index contributed by atoms with van der Waals surface area (Å²) in [5, 5.41) is 26.3. The number of carbonyl (C=O) groups excluding carboxylic acids is 4. The maximum Gasteiger partial charge on any atom is 0.326 e. The van der Waals surface area contributed by atoms with E-state index in [0.29, 0.717) is 25.1 Å². The standard InChI is InChI=1S/C21H36N8O7/c1-11(30)17(24)20(34)29-15(8-12-9-25-10-26-12)19(33)27-13(5-6-16(23)31)18(32)28-14(21(35)36)4-2-3-7-22/h9-11,13-15,17,30H,2-8,22,24H2,1H3,(H2,23,31)(H,25,26)(H,27,33)(H,28,32)(H,29,34)(H,35,36). The lowest BCUT2D eigenvalue weighted by Gasteiger charge is -2.25. The molecule has 0 aliphatic heterocycles. The van der Waals surface area contributed by atoms with Crippen molar-refractivity contribution in [1.82, 2.24) is 25.9 Å². The van der Waals surface area contributed by atoms with Crippen LogP contribution in [-0.4, -0.2) is 86.6 Å². The molecule has 0 saturated carbocycles. The molecule has 4 amide bonds. The van der Waals surface area contributed by atoms with Crippen molar-refractivity contribution < 1.29 is 34.2 Å². The van der Waals surface area contributed by atoms with E-state index in [4.69, 9.17) is 17.2 Å². The van der Waals surface area contributed by atoms with E-state index in [0.717, 1.165) is 0 Å². The lowest BCUT2D eigenvalue weighted by atomic mass is 10.0. The summed E-state index contributed by atoms with van der Waals surface area (Å²) in [6.45, 7) is 1.67. The molecule has 0 aromatic carbocycles. The number of aliphatic carboxylic acids is 1. The molecule has 15 nitrogen and oxygen atoms in total. The average Bonchev–Trinajstić information content (AvgIpc) is 3.32. The molecular weight excluding hydrogens is 476 g/mol. The Morgan fingerprint density at radius 3 is 2.14 bits per heavy atom. The smallest absolute Gasteiger partial charge is 0.326 e. The number of hydrogen-bond donors (Lipinski definition) is 9. The quantitative estimate of drug-likeness (QED) is 0.0933. The number of carboxylic acids is 1. The molecule has 15 heteroatoms. The predicted molar refractivity (Wildman–Crippen MR) is 127 cm³/mol. The monoisotopic (exact) mass is 512 g/mol. The maximum atomic E-state index is 13.1. The second-order valence-electron chi connectivity index (χ2n) is 8.36. The van der Waals surface area contributed by atoms with Gasteiger partial charge in [0.15, 0.2) is 0 Å². The lowest BCUT2D eigenvalue weighted by Crippen LogP contribution is -2.58. The molecule has 1 heterocycles. The third-order valence-corrected chi connectivity index (χ3v) is 5.31. The molecule has 0 fully saturated rings. The van der Waals surface area contributed by atoms with E-state index >= 15 is 0 Å². The first kappa shape index (κ1) is 30.5. The van der Waals surface area contributed by atoms with Gasteiger partial charge >= 0.3 is 5.97 Å². The summed E-state index contributed by atoms with van der Waals surface area (Å²) in [6.07, 6.45) is 2.19. The molecule has 0 radical (unpaired) electrons. The van der Waals surface area contributed by atoms with E-state index in [9.17, 15) is 34.2 Å². The van der Waals surface area contributed by atoms with Gasteiger partial charge in [-0.1, -0.05) is 0 Å². The number of hydrogen-bond acceptors (Lipinski definition) is 9. The van der Waals surface area contributed by atoms with Crippen LogP contribution in [0.2, 0.25) is 0 Å². The number of unbranched alkanes of at least 4 members (excludes halogenated alkanes) is 1. The molecule has 1 rings (SSSR count). The topological polar surface area (TPSA) is 269 Å². The van der Waals surface area contributed by atoms with Gasteiger partial charge in [-0.15, -0.1) is 0 Å². The molecule has 0 saturated heterocycles. The van der Waals surface area contributed by atoms with Gasteiger partial charge in [-0.3, -0.25) is 19.2 Å². The van der Waals surface area contributed by atoms with Crippen molar-refractivity contribution in [1.29, 1.82) is 0 Å². The number of aliphatic hydroxyl groups is 1. The number of rotatable bonds is 17. The Morgan fingerprint density at radius 2 is 1.61 bits per heavy atom. The number of nitrogens with zero attached hydrogens (tertiary/aromatic N) is 1. The maximum absolute atomic E-state index is 13.1. The van der Waals surface area contributed by atoms with Crippen molar-refractivity contribution in [3.8, 4) is 0 Å². The summed E-state index contributed by atoms with van der Waals surface area (Å²) in [5.41, 5.74) is 16.7. The molecule has 1 aromatic heterocycles. The van der Waals surface area contributed by atoms with E-state index in [1.807, 2.05) is 0 Å². The molecule has 5 unspecified atom stereocenters. The molecule has 36 heavy (non-hydrogen) atoms. The van der Waals surface area contributed by atoms with Crippen LogP contribution < -0.4 is 33.2 Å². The number of nitrogens with two attached hydrogens (primary N) is 3. The van der Waals surface area contributed by atoms with Crippen LogP contribution >= 0.6 is 0 Å². The molecule has 1 aromatic rings. The number of amides is 4. The summed E-state index contributed by atoms with van der Waals surface area (Å²) in [4.78, 5) is 67.9. The summed E-state index contributed by atoms with van der Waals surface area (Å²) in [7, 11) is 0. The van der Waals surface area contributed by atoms with Crippen molar-refractivity contribution in [2.75, 3.05) is 6.54 Å². The highest BCUT2D eigenvalue weighted by Gasteiger charge is 2.31. The van der Waals surface area contributed by atoms with Gasteiger partial charge in [-0.2, -0.15) is 0 Å². The van der Waals surface area contributed by atoms with Gasteiger partial charge in [0.1, 0.15) is 24.2 Å². The second-order valence-corrected chi connectivity index (χ2v) is 8.36. The van der Waals surface area contributed by atoms with Crippen LogP contribution in [0.1, 0.15) is 44.7 Å². The van der Waals surface area contributed by atoms with Gasteiger partial charge in [0.25, 0.3) is 0 Å². The van der Waals surface area contributed by atoms with Gasteiger partial charge in [0.05, 0.1) is 12.4 Å². The minimum atomic E-state index is -1.33. The van der Waals surface area contributed by atoms with E-state index in [1.165, 1.54) is 19.4 Å². The van der Waals surface area contributed by atoms with E-state index in [2.05, 4.69) is 25.9 Å². The molecule has 0 spiro atoms. The number of aromatic amines is 1. The molecular formula is C21H36N8O7. The highest BCUT2D eigenvalue weighted by atomic mass is 16.4. The Kier molecular flexibility index (Phi) is 13.1. The minimum absolute atomic E-state index is 0.0644. The first-order valence-electron chi connectivity index (χ1n) is 11.5. The zero-order valence-electron chi connectivity index (χ0n) is 20.1. The Labute approximate surface area is 207 Å². The van der Waals surface area contributed by atoms with E-state index < -0.39 is 59.9 Å². The third-order valence-electron chi connectivity index (χ3n) is 5.31. The van der Waals surface area contributed by atoms with Crippen LogP contribution in [0.25, 0.3) is 0 Å². The van der Waals surface area contributed by atoms with Gasteiger partial charge in [-0.25, -0.2) is 9.78 Å². The molecule has 0 aliphatic rings.